The summed E-state index contributed by atoms with van der Waals surface area (Å²) in [6.45, 7) is 4.03. The fourth-order valence-electron chi connectivity index (χ4n) is 4.58. The van der Waals surface area contributed by atoms with Gasteiger partial charge in [0.2, 0.25) is 5.91 Å². The number of benzene rings is 2. The zero-order valence-corrected chi connectivity index (χ0v) is 17.3. The second-order valence-electron chi connectivity index (χ2n) is 8.16. The molecular weight excluding hydrogens is 346 g/mol. The number of piperidine rings is 1. The minimum absolute atomic E-state index is 0.0126. The molecule has 1 heterocycles. The summed E-state index contributed by atoms with van der Waals surface area (Å²) in [5.74, 6) is 0.138. The molecule has 1 fully saturated rings. The van der Waals surface area contributed by atoms with Crippen LogP contribution in [-0.4, -0.2) is 49.4 Å². The molecule has 2 N–H and O–H groups in total. The van der Waals surface area contributed by atoms with E-state index in [2.05, 4.69) is 68.4 Å². The highest BCUT2D eigenvalue weighted by atomic mass is 16.2. The van der Waals surface area contributed by atoms with Crippen LogP contribution >= 0.6 is 0 Å². The molecule has 2 aromatic carbocycles. The Kier molecular flexibility index (Phi) is 6.53. The summed E-state index contributed by atoms with van der Waals surface area (Å²) < 4.78 is 0. The molecule has 2 atom stereocenters. The van der Waals surface area contributed by atoms with Crippen LogP contribution in [0, 0.1) is 5.92 Å². The van der Waals surface area contributed by atoms with Gasteiger partial charge in [0.25, 0.3) is 0 Å². The van der Waals surface area contributed by atoms with Crippen LogP contribution in [0.15, 0.2) is 60.7 Å². The Hall–Kier alpha value is -2.17. The van der Waals surface area contributed by atoms with E-state index in [4.69, 9.17) is 5.73 Å². The lowest BCUT2D eigenvalue weighted by molar-refractivity contribution is -0.138. The van der Waals surface area contributed by atoms with Crippen LogP contribution < -0.4 is 5.73 Å². The van der Waals surface area contributed by atoms with Crippen LogP contribution in [0.3, 0.4) is 0 Å². The van der Waals surface area contributed by atoms with Gasteiger partial charge in [0.15, 0.2) is 0 Å². The summed E-state index contributed by atoms with van der Waals surface area (Å²) >= 11 is 0. The third-order valence-corrected chi connectivity index (χ3v) is 6.57. The molecule has 0 aliphatic carbocycles. The molecule has 0 aromatic heterocycles. The molecule has 0 saturated carbocycles. The van der Waals surface area contributed by atoms with Crippen LogP contribution in [0.5, 0.6) is 0 Å². The molecule has 0 bridgehead atoms. The molecule has 0 radical (unpaired) electrons. The molecule has 1 aliphatic heterocycles. The maximum Gasteiger partial charge on any atom is 0.227 e. The average molecular weight is 380 g/mol. The lowest BCUT2D eigenvalue weighted by atomic mass is 9.79. The zero-order chi connectivity index (χ0) is 20.1. The minimum Gasteiger partial charge on any atom is -0.342 e. The van der Waals surface area contributed by atoms with Crippen LogP contribution in [0.1, 0.15) is 36.8 Å². The van der Waals surface area contributed by atoms with Crippen molar-refractivity contribution in [2.45, 2.75) is 31.2 Å². The van der Waals surface area contributed by atoms with Crippen molar-refractivity contribution >= 4 is 5.91 Å². The lowest BCUT2D eigenvalue weighted by Gasteiger charge is -2.47. The van der Waals surface area contributed by atoms with Gasteiger partial charge in [-0.05, 0) is 44.0 Å². The maximum absolute atomic E-state index is 13.3. The number of amides is 1. The topological polar surface area (TPSA) is 49.6 Å². The molecule has 2 unspecified atom stereocenters. The van der Waals surface area contributed by atoms with Gasteiger partial charge < -0.3 is 10.6 Å². The van der Waals surface area contributed by atoms with Crippen molar-refractivity contribution < 1.29 is 4.79 Å². The number of rotatable bonds is 6. The highest BCUT2D eigenvalue weighted by Gasteiger charge is 2.40. The van der Waals surface area contributed by atoms with Gasteiger partial charge in [0, 0.05) is 25.2 Å². The van der Waals surface area contributed by atoms with E-state index in [-0.39, 0.29) is 23.3 Å². The second-order valence-corrected chi connectivity index (χ2v) is 8.16. The lowest BCUT2D eigenvalue weighted by Crippen LogP contribution is -2.53. The Morgan fingerprint density at radius 1 is 1.04 bits per heavy atom. The second kappa shape index (κ2) is 8.89. The normalized spacial score (nSPS) is 18.7. The molecule has 150 valence electrons. The van der Waals surface area contributed by atoms with Crippen LogP contribution in [0.2, 0.25) is 0 Å². The number of hydrogen-bond acceptors (Lipinski definition) is 3. The third-order valence-electron chi connectivity index (χ3n) is 6.57. The molecule has 1 aliphatic rings. The highest BCUT2D eigenvalue weighted by molar-refractivity contribution is 5.80. The molecule has 0 spiro atoms. The summed E-state index contributed by atoms with van der Waals surface area (Å²) in [7, 11) is 4.29. The van der Waals surface area contributed by atoms with Gasteiger partial charge >= 0.3 is 0 Å². The van der Waals surface area contributed by atoms with Crippen molar-refractivity contribution in [3.05, 3.63) is 71.8 Å². The first-order valence-corrected chi connectivity index (χ1v) is 10.3. The van der Waals surface area contributed by atoms with Crippen molar-refractivity contribution in [2.24, 2.45) is 11.7 Å². The van der Waals surface area contributed by atoms with Crippen molar-refractivity contribution in [3.63, 3.8) is 0 Å². The van der Waals surface area contributed by atoms with Gasteiger partial charge in [-0.25, -0.2) is 0 Å². The minimum atomic E-state index is -0.175. The first-order valence-electron chi connectivity index (χ1n) is 10.3. The number of likely N-dealkylation sites (tertiary alicyclic amines) is 1. The number of hydrogen-bond donors (Lipinski definition) is 1. The van der Waals surface area contributed by atoms with Crippen molar-refractivity contribution in [1.82, 2.24) is 9.80 Å². The molecule has 4 heteroatoms. The zero-order valence-electron chi connectivity index (χ0n) is 17.3. The molecule has 2 aromatic rings. The van der Waals surface area contributed by atoms with Gasteiger partial charge in [0.05, 0.1) is 5.92 Å². The third kappa shape index (κ3) is 3.98. The Bertz CT molecular complexity index is 752. The standard InChI is InChI=1S/C24H33N3O/c1-19(20-10-6-4-7-11-20)22(18-25)23(28)27-16-14-24(15-17-27,26(2)3)21-12-8-5-9-13-21/h4-13,19,22H,14-18,25H2,1-3H3. The Morgan fingerprint density at radius 2 is 1.57 bits per heavy atom. The molecular formula is C24H33N3O. The summed E-state index contributed by atoms with van der Waals surface area (Å²) in [5, 5.41) is 0. The van der Waals surface area contributed by atoms with E-state index >= 15 is 0 Å². The highest BCUT2D eigenvalue weighted by Crippen LogP contribution is 2.38. The first kappa shape index (κ1) is 20.6. The molecule has 1 amide bonds. The fourth-order valence-corrected chi connectivity index (χ4v) is 4.58. The SMILES string of the molecule is CC(c1ccccc1)C(CN)C(=O)N1CCC(c2ccccc2)(N(C)C)CC1. The number of carbonyl (C=O) groups excluding carboxylic acids is 1. The number of nitrogens with two attached hydrogens (primary N) is 1. The van der Waals surface area contributed by atoms with E-state index in [1.807, 2.05) is 23.1 Å². The molecule has 28 heavy (non-hydrogen) atoms. The average Bonchev–Trinajstić information content (AvgIpc) is 2.75. The number of nitrogens with zero attached hydrogens (tertiary/aromatic N) is 2. The fraction of sp³-hybridized carbons (Fsp3) is 0.458. The molecule has 1 saturated heterocycles. The molecule has 4 nitrogen and oxygen atoms in total. The van der Waals surface area contributed by atoms with E-state index in [1.165, 1.54) is 11.1 Å². The van der Waals surface area contributed by atoms with Crippen molar-refractivity contribution in [1.29, 1.82) is 0 Å². The van der Waals surface area contributed by atoms with Crippen LogP contribution in [0.4, 0.5) is 0 Å². The Morgan fingerprint density at radius 3 is 2.07 bits per heavy atom. The van der Waals surface area contributed by atoms with Gasteiger partial charge in [0.1, 0.15) is 0 Å². The van der Waals surface area contributed by atoms with Crippen molar-refractivity contribution in [2.75, 3.05) is 33.7 Å². The smallest absolute Gasteiger partial charge is 0.227 e. The predicted octanol–water partition coefficient (Wildman–Crippen LogP) is 3.44. The predicted molar refractivity (Wildman–Crippen MR) is 115 cm³/mol. The van der Waals surface area contributed by atoms with Gasteiger partial charge in [-0.2, -0.15) is 0 Å². The van der Waals surface area contributed by atoms with E-state index in [0.29, 0.717) is 6.54 Å². The Balaban J connectivity index is 1.73. The maximum atomic E-state index is 13.3. The summed E-state index contributed by atoms with van der Waals surface area (Å²) in [5.41, 5.74) is 8.55. The van der Waals surface area contributed by atoms with Gasteiger partial charge in [-0.15, -0.1) is 0 Å². The molecule has 3 rings (SSSR count). The number of carbonyl (C=O) groups is 1. The monoisotopic (exact) mass is 379 g/mol. The largest absolute Gasteiger partial charge is 0.342 e. The Labute approximate surface area is 169 Å². The van der Waals surface area contributed by atoms with Crippen molar-refractivity contribution in [3.8, 4) is 0 Å². The van der Waals surface area contributed by atoms with E-state index in [9.17, 15) is 4.79 Å². The first-order chi connectivity index (χ1) is 13.5. The van der Waals surface area contributed by atoms with Gasteiger partial charge in [-0.3, -0.25) is 9.69 Å². The van der Waals surface area contributed by atoms with E-state index < -0.39 is 0 Å². The van der Waals surface area contributed by atoms with Gasteiger partial charge in [-0.1, -0.05) is 67.6 Å². The van der Waals surface area contributed by atoms with Crippen LogP contribution in [-0.2, 0) is 10.3 Å². The summed E-state index contributed by atoms with van der Waals surface area (Å²) in [6.07, 6.45) is 1.87. The summed E-state index contributed by atoms with van der Waals surface area (Å²) in [4.78, 5) is 17.6. The quantitative estimate of drug-likeness (QED) is 0.836. The van der Waals surface area contributed by atoms with E-state index in [0.717, 1.165) is 25.9 Å². The van der Waals surface area contributed by atoms with E-state index in [1.54, 1.807) is 0 Å². The van der Waals surface area contributed by atoms with Crippen LogP contribution in [0.25, 0.3) is 0 Å². The summed E-state index contributed by atoms with van der Waals surface area (Å²) in [6, 6.07) is 20.9.